The Balaban J connectivity index is 1.67. The molecule has 2 unspecified atom stereocenters. The van der Waals surface area contributed by atoms with Gasteiger partial charge < -0.3 is 0 Å². The molecular formula is C37H40P2. The molecule has 0 saturated heterocycles. The van der Waals surface area contributed by atoms with E-state index in [-0.39, 0.29) is 0 Å². The molecule has 2 heteroatoms. The van der Waals surface area contributed by atoms with E-state index in [4.69, 9.17) is 0 Å². The van der Waals surface area contributed by atoms with Gasteiger partial charge in [-0.1, -0.05) is 121 Å². The topological polar surface area (TPSA) is 0 Å². The Morgan fingerprint density at radius 2 is 1.00 bits per heavy atom. The molecule has 0 aromatic heterocycles. The van der Waals surface area contributed by atoms with Crippen LogP contribution < -0.4 is 21.2 Å². The lowest BCUT2D eigenvalue weighted by molar-refractivity contribution is 0.785. The van der Waals surface area contributed by atoms with E-state index < -0.39 is 15.8 Å². The van der Waals surface area contributed by atoms with Crippen molar-refractivity contribution >= 4 is 37.1 Å². The molecule has 0 amide bonds. The molecule has 0 fully saturated rings. The van der Waals surface area contributed by atoms with Crippen molar-refractivity contribution in [2.45, 2.75) is 54.1 Å². The second-order valence-corrected chi connectivity index (χ2v) is 15.8. The first-order chi connectivity index (χ1) is 18.8. The van der Waals surface area contributed by atoms with E-state index >= 15 is 0 Å². The summed E-state index contributed by atoms with van der Waals surface area (Å²) in [5.41, 5.74) is 8.91. The average Bonchev–Trinajstić information content (AvgIpc) is 3.37. The van der Waals surface area contributed by atoms with Crippen LogP contribution in [-0.4, -0.2) is 5.66 Å². The smallest absolute Gasteiger partial charge is 0.0103 e. The van der Waals surface area contributed by atoms with Crippen molar-refractivity contribution < 1.29 is 0 Å². The van der Waals surface area contributed by atoms with Gasteiger partial charge in [-0.3, -0.25) is 0 Å². The van der Waals surface area contributed by atoms with Gasteiger partial charge >= 0.3 is 0 Å². The Kier molecular flexibility index (Phi) is 8.38. The van der Waals surface area contributed by atoms with Gasteiger partial charge in [-0.2, -0.15) is 0 Å². The summed E-state index contributed by atoms with van der Waals surface area (Å²) in [6.45, 7) is 16.3. The maximum Gasteiger partial charge on any atom is 0.0103 e. The first kappa shape index (κ1) is 27.8. The molecule has 4 aromatic rings. The van der Waals surface area contributed by atoms with Gasteiger partial charge in [0.15, 0.2) is 0 Å². The molecule has 1 aliphatic carbocycles. The summed E-state index contributed by atoms with van der Waals surface area (Å²) in [5, 5.41) is 7.58. The zero-order valence-electron chi connectivity index (χ0n) is 24.4. The van der Waals surface area contributed by atoms with E-state index in [1.54, 1.807) is 15.9 Å². The summed E-state index contributed by atoms with van der Waals surface area (Å²) in [5.74, 6) is 0.392. The third-order valence-corrected chi connectivity index (χ3v) is 14.0. The summed E-state index contributed by atoms with van der Waals surface area (Å²) in [4.78, 5) is 0. The van der Waals surface area contributed by atoms with Gasteiger partial charge in [0.25, 0.3) is 0 Å². The predicted octanol–water partition coefficient (Wildman–Crippen LogP) is 8.56. The predicted molar refractivity (Wildman–Crippen MR) is 177 cm³/mol. The summed E-state index contributed by atoms with van der Waals surface area (Å²) < 4.78 is 0. The van der Waals surface area contributed by atoms with Crippen molar-refractivity contribution in [3.63, 3.8) is 0 Å². The maximum absolute atomic E-state index is 2.53. The quantitative estimate of drug-likeness (QED) is 0.204. The SMILES string of the molecule is Cc1cc(C)c(P(c2c(C)cc(C)cc2C)C(C)C2C=CC=C2P(c2ccccc2)c2ccccc2)c(C)c1. The fraction of sp³-hybridized carbons (Fsp3) is 0.243. The first-order valence-electron chi connectivity index (χ1n) is 14.0. The van der Waals surface area contributed by atoms with Crippen molar-refractivity contribution in [3.05, 3.63) is 142 Å². The van der Waals surface area contributed by atoms with Crippen molar-refractivity contribution in [2.75, 3.05) is 0 Å². The van der Waals surface area contributed by atoms with E-state index in [0.717, 1.165) is 0 Å². The van der Waals surface area contributed by atoms with Crippen molar-refractivity contribution in [2.24, 2.45) is 5.92 Å². The summed E-state index contributed by atoms with van der Waals surface area (Å²) in [7, 11) is -1.22. The van der Waals surface area contributed by atoms with Gasteiger partial charge in [-0.05, 0) is 112 Å². The Bertz CT molecular complexity index is 1390. The van der Waals surface area contributed by atoms with E-state index in [9.17, 15) is 0 Å². The van der Waals surface area contributed by atoms with Crippen LogP contribution in [0, 0.1) is 47.5 Å². The summed E-state index contributed by atoms with van der Waals surface area (Å²) >= 11 is 0. The summed E-state index contributed by atoms with van der Waals surface area (Å²) in [6, 6.07) is 31.9. The van der Waals surface area contributed by atoms with Crippen LogP contribution in [0.15, 0.2) is 108 Å². The second-order valence-electron chi connectivity index (χ2n) is 11.1. The van der Waals surface area contributed by atoms with Gasteiger partial charge in [0.1, 0.15) is 0 Å². The molecule has 0 saturated carbocycles. The molecule has 2 atom stereocenters. The second kappa shape index (κ2) is 11.8. The fourth-order valence-corrected chi connectivity index (χ4v) is 12.7. The molecule has 0 radical (unpaired) electrons. The highest BCUT2D eigenvalue weighted by Crippen LogP contribution is 2.56. The molecule has 0 spiro atoms. The first-order valence-corrected chi connectivity index (χ1v) is 16.7. The fourth-order valence-electron chi connectivity index (χ4n) is 6.50. The van der Waals surface area contributed by atoms with Crippen LogP contribution in [0.25, 0.3) is 0 Å². The molecule has 198 valence electrons. The minimum absolute atomic E-state index is 0.392. The van der Waals surface area contributed by atoms with Crippen LogP contribution in [0.5, 0.6) is 0 Å². The molecular weight excluding hydrogens is 506 g/mol. The monoisotopic (exact) mass is 546 g/mol. The molecule has 0 bridgehead atoms. The van der Waals surface area contributed by atoms with Gasteiger partial charge in [0, 0.05) is 5.92 Å². The highest BCUT2D eigenvalue weighted by Gasteiger charge is 2.36. The maximum atomic E-state index is 2.53. The Hall–Kier alpha value is -2.78. The normalized spacial score (nSPS) is 15.7. The Labute approximate surface area is 238 Å². The zero-order chi connectivity index (χ0) is 27.7. The number of aryl methyl sites for hydroxylation is 6. The van der Waals surface area contributed by atoms with Crippen LogP contribution in [0.3, 0.4) is 0 Å². The molecule has 5 rings (SSSR count). The molecule has 0 aliphatic heterocycles. The number of hydrogen-bond acceptors (Lipinski definition) is 0. The van der Waals surface area contributed by atoms with Crippen LogP contribution in [0.4, 0.5) is 0 Å². The number of rotatable bonds is 7. The van der Waals surface area contributed by atoms with Crippen LogP contribution in [-0.2, 0) is 0 Å². The lowest BCUT2D eigenvalue weighted by Gasteiger charge is -2.37. The highest BCUT2D eigenvalue weighted by atomic mass is 31.1. The van der Waals surface area contributed by atoms with Gasteiger partial charge in [0.2, 0.25) is 0 Å². The zero-order valence-corrected chi connectivity index (χ0v) is 26.2. The minimum atomic E-state index is -0.618. The lowest BCUT2D eigenvalue weighted by atomic mass is 10.1. The van der Waals surface area contributed by atoms with Gasteiger partial charge in [0.05, 0.1) is 0 Å². The molecule has 1 aliphatic rings. The van der Waals surface area contributed by atoms with Crippen LogP contribution in [0.1, 0.15) is 40.3 Å². The Morgan fingerprint density at radius 3 is 1.41 bits per heavy atom. The van der Waals surface area contributed by atoms with Gasteiger partial charge in [-0.15, -0.1) is 0 Å². The number of benzene rings is 4. The minimum Gasteiger partial charge on any atom is -0.0763 e. The number of allylic oxidation sites excluding steroid dienone is 4. The van der Waals surface area contributed by atoms with E-state index in [1.807, 2.05) is 0 Å². The Morgan fingerprint density at radius 1 is 0.590 bits per heavy atom. The molecule has 0 N–H and O–H groups in total. The van der Waals surface area contributed by atoms with E-state index in [0.29, 0.717) is 11.6 Å². The molecule has 39 heavy (non-hydrogen) atoms. The van der Waals surface area contributed by atoms with Crippen molar-refractivity contribution in [3.8, 4) is 0 Å². The largest absolute Gasteiger partial charge is 0.0763 e. The van der Waals surface area contributed by atoms with Crippen molar-refractivity contribution in [1.82, 2.24) is 0 Å². The third kappa shape index (κ3) is 5.61. The molecule has 4 aromatic carbocycles. The van der Waals surface area contributed by atoms with E-state index in [2.05, 4.69) is 152 Å². The summed E-state index contributed by atoms with van der Waals surface area (Å²) in [6.07, 6.45) is 7.26. The number of hydrogen-bond donors (Lipinski definition) is 0. The highest BCUT2D eigenvalue weighted by molar-refractivity contribution is 7.77. The van der Waals surface area contributed by atoms with Gasteiger partial charge in [-0.25, -0.2) is 0 Å². The third-order valence-electron chi connectivity index (χ3n) is 7.89. The standard InChI is InChI=1S/C37H40P2/c1-25-21-27(3)36(28(4)22-25)38(37-29(5)23-26(2)24-30(37)6)31(7)34-19-14-20-35(34)39(32-15-10-8-11-16-32)33-17-12-9-13-18-33/h8-24,31,34H,1-7H3. The lowest BCUT2D eigenvalue weighted by Crippen LogP contribution is -2.31. The van der Waals surface area contributed by atoms with E-state index in [1.165, 1.54) is 44.0 Å². The van der Waals surface area contributed by atoms with Crippen LogP contribution in [0.2, 0.25) is 0 Å². The molecule has 0 nitrogen and oxygen atoms in total. The molecule has 0 heterocycles. The average molecular weight is 547 g/mol. The van der Waals surface area contributed by atoms with Crippen molar-refractivity contribution in [1.29, 1.82) is 0 Å². The van der Waals surface area contributed by atoms with Crippen LogP contribution >= 0.6 is 15.8 Å².